The lowest BCUT2D eigenvalue weighted by Gasteiger charge is -2.09. The second-order valence-corrected chi connectivity index (χ2v) is 5.27. The van der Waals surface area contributed by atoms with Crippen molar-refractivity contribution in [1.82, 2.24) is 19.8 Å². The summed E-state index contributed by atoms with van der Waals surface area (Å²) in [5.74, 6) is -0.363. The van der Waals surface area contributed by atoms with Crippen molar-refractivity contribution in [1.29, 1.82) is 0 Å². The van der Waals surface area contributed by atoms with Gasteiger partial charge in [0, 0.05) is 25.0 Å². The Bertz CT molecular complexity index is 679. The Hall–Kier alpha value is -2.35. The quantitative estimate of drug-likeness (QED) is 0.916. The van der Waals surface area contributed by atoms with Crippen LogP contribution >= 0.6 is 0 Å². The van der Waals surface area contributed by atoms with Crippen molar-refractivity contribution < 1.29 is 18.0 Å². The van der Waals surface area contributed by atoms with Crippen LogP contribution in [0.1, 0.15) is 16.1 Å². The van der Waals surface area contributed by atoms with Gasteiger partial charge in [-0.2, -0.15) is 13.2 Å². The lowest BCUT2D eigenvalue weighted by Crippen LogP contribution is -2.31. The van der Waals surface area contributed by atoms with Crippen molar-refractivity contribution in [3.05, 3.63) is 48.0 Å². The fraction of sp³-hybridized carbons (Fsp3) is 0.333. The zero-order valence-electron chi connectivity index (χ0n) is 12.8. The second kappa shape index (κ2) is 6.82. The number of benzene rings is 1. The number of rotatable bonds is 5. The molecule has 0 saturated carbocycles. The number of halogens is 3. The molecule has 1 aromatic carbocycles. The Morgan fingerprint density at radius 2 is 2.09 bits per heavy atom. The number of amides is 1. The summed E-state index contributed by atoms with van der Waals surface area (Å²) in [7, 11) is 3.77. The maximum Gasteiger partial charge on any atom is 0.416 e. The van der Waals surface area contributed by atoms with Crippen LogP contribution < -0.4 is 5.32 Å². The van der Waals surface area contributed by atoms with Crippen molar-refractivity contribution in [3.8, 4) is 5.69 Å². The zero-order valence-corrected chi connectivity index (χ0v) is 12.8. The lowest BCUT2D eigenvalue weighted by molar-refractivity contribution is -0.137. The van der Waals surface area contributed by atoms with Gasteiger partial charge in [0.05, 0.1) is 5.56 Å². The van der Waals surface area contributed by atoms with Crippen molar-refractivity contribution in [2.45, 2.75) is 6.18 Å². The van der Waals surface area contributed by atoms with E-state index in [4.69, 9.17) is 0 Å². The molecular weight excluding hydrogens is 309 g/mol. The minimum absolute atomic E-state index is 0.154. The first-order valence-corrected chi connectivity index (χ1v) is 6.92. The van der Waals surface area contributed by atoms with Gasteiger partial charge < -0.3 is 14.8 Å². The molecule has 0 unspecified atom stereocenters. The fourth-order valence-corrected chi connectivity index (χ4v) is 1.91. The fourth-order valence-electron chi connectivity index (χ4n) is 1.91. The second-order valence-electron chi connectivity index (χ2n) is 5.27. The number of likely N-dealkylation sites (N-methyl/N-ethyl adjacent to an activating group) is 1. The summed E-state index contributed by atoms with van der Waals surface area (Å²) in [5.41, 5.74) is -0.304. The highest BCUT2D eigenvalue weighted by molar-refractivity contribution is 5.92. The predicted molar refractivity (Wildman–Crippen MR) is 79.5 cm³/mol. The summed E-state index contributed by atoms with van der Waals surface area (Å²) in [6.07, 6.45) is -1.69. The van der Waals surface area contributed by atoms with Crippen LogP contribution in [0, 0.1) is 0 Å². The molecule has 2 aromatic rings. The van der Waals surface area contributed by atoms with Gasteiger partial charge in [-0.3, -0.25) is 4.79 Å². The zero-order chi connectivity index (χ0) is 17.0. The Morgan fingerprint density at radius 3 is 2.74 bits per heavy atom. The number of hydrogen-bond acceptors (Lipinski definition) is 3. The molecule has 1 N–H and O–H groups in total. The van der Waals surface area contributed by atoms with Crippen molar-refractivity contribution in [2.24, 2.45) is 0 Å². The topological polar surface area (TPSA) is 50.2 Å². The summed E-state index contributed by atoms with van der Waals surface area (Å²) in [4.78, 5) is 17.8. The molecule has 2 rings (SSSR count). The van der Waals surface area contributed by atoms with Crippen LogP contribution in [0.15, 0.2) is 36.8 Å². The van der Waals surface area contributed by atoms with Gasteiger partial charge in [0.2, 0.25) is 0 Å². The number of nitrogens with zero attached hydrogens (tertiary/aromatic N) is 3. The van der Waals surface area contributed by atoms with Crippen LogP contribution in [0.3, 0.4) is 0 Å². The van der Waals surface area contributed by atoms with E-state index in [1.807, 2.05) is 19.0 Å². The third kappa shape index (κ3) is 4.56. The molecule has 1 heterocycles. The number of aromatic nitrogens is 2. The van der Waals surface area contributed by atoms with Gasteiger partial charge >= 0.3 is 6.18 Å². The standard InChI is InChI=1S/C15H17F3N4O/c1-21(2)7-6-19-14(23)13-9-22(10-20-13)12-5-3-4-11(8-12)15(16,17)18/h3-5,8-10H,6-7H2,1-2H3,(H,19,23). The van der Waals surface area contributed by atoms with E-state index in [0.717, 1.165) is 12.1 Å². The van der Waals surface area contributed by atoms with E-state index < -0.39 is 11.7 Å². The van der Waals surface area contributed by atoms with Crippen molar-refractivity contribution in [3.63, 3.8) is 0 Å². The average Bonchev–Trinajstić information content (AvgIpc) is 2.96. The SMILES string of the molecule is CN(C)CCNC(=O)c1cn(-c2cccc(C(F)(F)F)c2)cn1. The number of carbonyl (C=O) groups is 1. The highest BCUT2D eigenvalue weighted by Gasteiger charge is 2.30. The van der Waals surface area contributed by atoms with Gasteiger partial charge in [0.15, 0.2) is 0 Å². The molecule has 0 bridgehead atoms. The Balaban J connectivity index is 2.12. The number of carbonyl (C=O) groups excluding carboxylic acids is 1. The van der Waals surface area contributed by atoms with E-state index in [-0.39, 0.29) is 11.6 Å². The van der Waals surface area contributed by atoms with Gasteiger partial charge in [-0.25, -0.2) is 4.98 Å². The molecule has 0 radical (unpaired) electrons. The smallest absolute Gasteiger partial charge is 0.349 e. The number of nitrogens with one attached hydrogen (secondary N) is 1. The molecule has 1 aromatic heterocycles. The summed E-state index contributed by atoms with van der Waals surface area (Å²) in [6.45, 7) is 1.14. The Kier molecular flexibility index (Phi) is 5.05. The van der Waals surface area contributed by atoms with Crippen molar-refractivity contribution in [2.75, 3.05) is 27.2 Å². The molecule has 0 spiro atoms. The highest BCUT2D eigenvalue weighted by atomic mass is 19.4. The minimum atomic E-state index is -4.41. The first kappa shape index (κ1) is 17.0. The van der Waals surface area contributed by atoms with E-state index in [1.165, 1.54) is 29.2 Å². The molecular formula is C15H17F3N4O. The normalized spacial score (nSPS) is 11.7. The molecule has 0 aliphatic rings. The summed E-state index contributed by atoms with van der Waals surface area (Å²) in [5, 5.41) is 2.69. The van der Waals surface area contributed by atoms with E-state index >= 15 is 0 Å². The number of imidazole rings is 1. The monoisotopic (exact) mass is 326 g/mol. The third-order valence-corrected chi connectivity index (χ3v) is 3.13. The maximum atomic E-state index is 12.7. The van der Waals surface area contributed by atoms with Crippen LogP contribution in [0.25, 0.3) is 5.69 Å². The summed E-state index contributed by atoms with van der Waals surface area (Å²) < 4.78 is 39.6. The maximum absolute atomic E-state index is 12.7. The first-order chi connectivity index (χ1) is 10.8. The van der Waals surface area contributed by atoms with Crippen LogP contribution in [0.4, 0.5) is 13.2 Å². The van der Waals surface area contributed by atoms with Gasteiger partial charge in [-0.05, 0) is 32.3 Å². The average molecular weight is 326 g/mol. The van der Waals surface area contributed by atoms with E-state index in [0.29, 0.717) is 18.8 Å². The van der Waals surface area contributed by atoms with Gasteiger partial charge in [0.25, 0.3) is 5.91 Å². The molecule has 0 aliphatic heterocycles. The van der Waals surface area contributed by atoms with Crippen LogP contribution in [0.2, 0.25) is 0 Å². The first-order valence-electron chi connectivity index (χ1n) is 6.92. The largest absolute Gasteiger partial charge is 0.416 e. The van der Waals surface area contributed by atoms with Gasteiger partial charge in [0.1, 0.15) is 12.0 Å². The summed E-state index contributed by atoms with van der Waals surface area (Å²) in [6, 6.07) is 4.84. The van der Waals surface area contributed by atoms with Gasteiger partial charge in [-0.15, -0.1) is 0 Å². The van der Waals surface area contributed by atoms with Crippen LogP contribution in [0.5, 0.6) is 0 Å². The minimum Gasteiger partial charge on any atom is -0.349 e. The number of alkyl halides is 3. The Labute approximate surface area is 131 Å². The third-order valence-electron chi connectivity index (χ3n) is 3.13. The highest BCUT2D eigenvalue weighted by Crippen LogP contribution is 2.30. The number of hydrogen-bond donors (Lipinski definition) is 1. The van der Waals surface area contributed by atoms with Crippen LogP contribution in [-0.2, 0) is 6.18 Å². The molecule has 0 aliphatic carbocycles. The van der Waals surface area contributed by atoms with E-state index in [1.54, 1.807) is 0 Å². The van der Waals surface area contributed by atoms with Crippen molar-refractivity contribution >= 4 is 5.91 Å². The molecule has 1 amide bonds. The molecule has 0 atom stereocenters. The van der Waals surface area contributed by atoms with Crippen LogP contribution in [-0.4, -0.2) is 47.5 Å². The Morgan fingerprint density at radius 1 is 1.35 bits per heavy atom. The molecule has 0 fully saturated rings. The molecule has 0 saturated heterocycles. The predicted octanol–water partition coefficient (Wildman–Crippen LogP) is 2.18. The van der Waals surface area contributed by atoms with Gasteiger partial charge in [-0.1, -0.05) is 6.07 Å². The molecule has 23 heavy (non-hydrogen) atoms. The summed E-state index contributed by atoms with van der Waals surface area (Å²) >= 11 is 0. The lowest BCUT2D eigenvalue weighted by atomic mass is 10.2. The molecule has 124 valence electrons. The van der Waals surface area contributed by atoms with E-state index in [2.05, 4.69) is 10.3 Å². The molecule has 5 nitrogen and oxygen atoms in total. The van der Waals surface area contributed by atoms with E-state index in [9.17, 15) is 18.0 Å². The molecule has 8 heteroatoms.